The Morgan fingerprint density at radius 3 is 0.867 bits per heavy atom. The average molecular weight is 849 g/mol. The molecule has 0 heterocycles. The third-order valence-electron chi connectivity index (χ3n) is 12.7. The van der Waals surface area contributed by atoms with Gasteiger partial charge in [-0.05, 0) is 25.2 Å². The molecule has 0 aliphatic heterocycles. The van der Waals surface area contributed by atoms with E-state index < -0.39 is 6.10 Å². The summed E-state index contributed by atoms with van der Waals surface area (Å²) in [4.78, 5) is 38.0. The highest BCUT2D eigenvalue weighted by Gasteiger charge is 2.19. The molecule has 0 aromatic heterocycles. The quantitative estimate of drug-likeness (QED) is 0.0345. The highest BCUT2D eigenvalue weighted by atomic mass is 16.6. The summed E-state index contributed by atoms with van der Waals surface area (Å²) in [6.07, 6.45) is 50.9. The van der Waals surface area contributed by atoms with Crippen LogP contribution in [0.2, 0.25) is 0 Å². The van der Waals surface area contributed by atoms with Gasteiger partial charge in [0.05, 0.1) is 0 Å². The Hall–Kier alpha value is -1.59. The molecule has 1 unspecified atom stereocenters. The predicted molar refractivity (Wildman–Crippen MR) is 257 cm³/mol. The highest BCUT2D eigenvalue weighted by molar-refractivity contribution is 5.71. The molecule has 0 aliphatic rings. The third-order valence-corrected chi connectivity index (χ3v) is 12.7. The van der Waals surface area contributed by atoms with Crippen molar-refractivity contribution in [3.8, 4) is 0 Å². The first-order valence-corrected chi connectivity index (χ1v) is 26.9. The van der Waals surface area contributed by atoms with Gasteiger partial charge in [-0.2, -0.15) is 0 Å². The number of hydrogen-bond donors (Lipinski definition) is 0. The van der Waals surface area contributed by atoms with Gasteiger partial charge in [0, 0.05) is 19.3 Å². The monoisotopic (exact) mass is 849 g/mol. The Morgan fingerprint density at radius 1 is 0.333 bits per heavy atom. The molecule has 0 aromatic carbocycles. The summed E-state index contributed by atoms with van der Waals surface area (Å²) in [5.41, 5.74) is 0. The van der Waals surface area contributed by atoms with E-state index in [4.69, 9.17) is 14.2 Å². The molecule has 6 heteroatoms. The van der Waals surface area contributed by atoms with Crippen LogP contribution in [-0.2, 0) is 28.6 Å². The molecule has 0 N–H and O–H groups in total. The molecule has 60 heavy (non-hydrogen) atoms. The lowest BCUT2D eigenvalue weighted by Crippen LogP contribution is -2.30. The van der Waals surface area contributed by atoms with E-state index in [-0.39, 0.29) is 31.1 Å². The minimum Gasteiger partial charge on any atom is -0.462 e. The smallest absolute Gasteiger partial charge is 0.306 e. The van der Waals surface area contributed by atoms with E-state index >= 15 is 0 Å². The third kappa shape index (κ3) is 45.9. The van der Waals surface area contributed by atoms with Gasteiger partial charge in [0.25, 0.3) is 0 Å². The number of carbonyl (C=O) groups is 3. The van der Waals surface area contributed by atoms with E-state index in [1.54, 1.807) is 0 Å². The number of hydrogen-bond acceptors (Lipinski definition) is 6. The Labute approximate surface area is 374 Å². The largest absolute Gasteiger partial charge is 0.462 e. The fourth-order valence-corrected chi connectivity index (χ4v) is 8.19. The van der Waals surface area contributed by atoms with Crippen molar-refractivity contribution in [3.05, 3.63) is 0 Å². The van der Waals surface area contributed by atoms with E-state index in [2.05, 4.69) is 27.7 Å². The zero-order chi connectivity index (χ0) is 43.8. The summed E-state index contributed by atoms with van der Waals surface area (Å²) in [5, 5.41) is 0. The lowest BCUT2D eigenvalue weighted by Gasteiger charge is -2.18. The van der Waals surface area contributed by atoms with Crippen molar-refractivity contribution in [1.82, 2.24) is 0 Å². The van der Waals surface area contributed by atoms with E-state index in [1.165, 1.54) is 199 Å². The maximum atomic E-state index is 12.8. The minimum atomic E-state index is -0.761. The molecule has 0 saturated heterocycles. The van der Waals surface area contributed by atoms with Crippen LogP contribution < -0.4 is 0 Å². The summed E-state index contributed by atoms with van der Waals surface area (Å²) in [5.74, 6) is -0.0305. The molecule has 6 nitrogen and oxygen atoms in total. The van der Waals surface area contributed by atoms with E-state index in [9.17, 15) is 14.4 Å². The van der Waals surface area contributed by atoms with E-state index in [0.29, 0.717) is 19.3 Å². The van der Waals surface area contributed by atoms with Crippen molar-refractivity contribution in [2.75, 3.05) is 13.2 Å². The van der Waals surface area contributed by atoms with Crippen LogP contribution in [0.4, 0.5) is 0 Å². The van der Waals surface area contributed by atoms with Gasteiger partial charge in [-0.3, -0.25) is 14.4 Å². The lowest BCUT2D eigenvalue weighted by atomic mass is 10.00. The average Bonchev–Trinajstić information content (AvgIpc) is 3.25. The number of unbranched alkanes of at least 4 members (excludes halogenated alkanes) is 35. The van der Waals surface area contributed by atoms with Crippen LogP contribution in [0.25, 0.3) is 0 Å². The molecule has 0 aromatic rings. The summed E-state index contributed by atoms with van der Waals surface area (Å²) < 4.78 is 16.8. The first kappa shape index (κ1) is 58.4. The fraction of sp³-hybridized carbons (Fsp3) is 0.944. The zero-order valence-corrected chi connectivity index (χ0v) is 40.9. The molecule has 0 aliphatic carbocycles. The Bertz CT molecular complexity index is 905. The molecule has 0 spiro atoms. The molecule has 0 bridgehead atoms. The molecule has 2 atom stereocenters. The Morgan fingerprint density at radius 2 is 0.583 bits per heavy atom. The molecule has 356 valence electrons. The normalized spacial score (nSPS) is 12.4. The van der Waals surface area contributed by atoms with Crippen molar-refractivity contribution in [2.45, 2.75) is 310 Å². The van der Waals surface area contributed by atoms with Crippen LogP contribution in [-0.4, -0.2) is 37.2 Å². The zero-order valence-electron chi connectivity index (χ0n) is 40.9. The summed E-state index contributed by atoms with van der Waals surface area (Å²) in [7, 11) is 0. The van der Waals surface area contributed by atoms with Gasteiger partial charge >= 0.3 is 17.9 Å². The first-order chi connectivity index (χ1) is 29.4. The molecule has 0 fully saturated rings. The number of rotatable bonds is 49. The molecular weight excluding hydrogens is 745 g/mol. The van der Waals surface area contributed by atoms with Gasteiger partial charge in [0.1, 0.15) is 13.2 Å². The van der Waals surface area contributed by atoms with E-state index in [1.807, 2.05) is 0 Å². The maximum absolute atomic E-state index is 12.8. The van der Waals surface area contributed by atoms with E-state index in [0.717, 1.165) is 63.7 Å². The highest BCUT2D eigenvalue weighted by Crippen LogP contribution is 2.18. The van der Waals surface area contributed by atoms with Crippen molar-refractivity contribution < 1.29 is 28.6 Å². The number of esters is 3. The standard InChI is InChI=1S/C54H104O6/c1-5-8-10-12-14-16-18-20-22-23-25-26-28-30-32-37-41-45-52(55)58-48-51(49-59-53(56)46-42-38-35-34-36-40-44-50(4)7-3)60-54(57)47-43-39-33-31-29-27-24-21-19-17-15-13-11-9-6-2/h50-51H,5-49H2,1-4H3/t50?,51-/m0/s1. The van der Waals surface area contributed by atoms with Gasteiger partial charge < -0.3 is 14.2 Å². The second-order valence-electron chi connectivity index (χ2n) is 18.8. The molecule has 0 radical (unpaired) electrons. The van der Waals surface area contributed by atoms with Crippen LogP contribution in [0.3, 0.4) is 0 Å². The van der Waals surface area contributed by atoms with Crippen molar-refractivity contribution in [3.63, 3.8) is 0 Å². The molecular formula is C54H104O6. The van der Waals surface area contributed by atoms with Crippen molar-refractivity contribution in [2.24, 2.45) is 5.92 Å². The van der Waals surface area contributed by atoms with Crippen LogP contribution in [0.15, 0.2) is 0 Å². The topological polar surface area (TPSA) is 78.9 Å². The number of carbonyl (C=O) groups excluding carboxylic acids is 3. The van der Waals surface area contributed by atoms with Gasteiger partial charge in [-0.1, -0.05) is 265 Å². The minimum absolute atomic E-state index is 0.0632. The Kier molecular flexibility index (Phi) is 47.2. The van der Waals surface area contributed by atoms with Crippen molar-refractivity contribution in [1.29, 1.82) is 0 Å². The summed E-state index contributed by atoms with van der Waals surface area (Å²) >= 11 is 0. The van der Waals surface area contributed by atoms with Crippen LogP contribution in [0.1, 0.15) is 304 Å². The van der Waals surface area contributed by atoms with Gasteiger partial charge in [-0.15, -0.1) is 0 Å². The maximum Gasteiger partial charge on any atom is 0.306 e. The first-order valence-electron chi connectivity index (χ1n) is 26.9. The molecule has 0 amide bonds. The SMILES string of the molecule is CCCCCCCCCCCCCCCCCCCC(=O)OC[C@@H](COC(=O)CCCCCCCCC(C)CC)OC(=O)CCCCCCCCCCCCCCCCC. The molecule has 0 rings (SSSR count). The summed E-state index contributed by atoms with van der Waals surface area (Å²) in [6.45, 7) is 9.01. The van der Waals surface area contributed by atoms with Crippen LogP contribution in [0.5, 0.6) is 0 Å². The lowest BCUT2D eigenvalue weighted by molar-refractivity contribution is -0.167. The van der Waals surface area contributed by atoms with Gasteiger partial charge in [-0.25, -0.2) is 0 Å². The van der Waals surface area contributed by atoms with Gasteiger partial charge in [0.15, 0.2) is 6.10 Å². The number of ether oxygens (including phenoxy) is 3. The van der Waals surface area contributed by atoms with Crippen LogP contribution in [0, 0.1) is 5.92 Å². The summed E-state index contributed by atoms with van der Waals surface area (Å²) in [6, 6.07) is 0. The predicted octanol–water partition coefficient (Wildman–Crippen LogP) is 17.5. The Balaban J connectivity index is 4.27. The fourth-order valence-electron chi connectivity index (χ4n) is 8.19. The van der Waals surface area contributed by atoms with Crippen LogP contribution >= 0.6 is 0 Å². The van der Waals surface area contributed by atoms with Crippen molar-refractivity contribution >= 4 is 17.9 Å². The molecule has 0 saturated carbocycles. The second kappa shape index (κ2) is 48.4. The van der Waals surface area contributed by atoms with Gasteiger partial charge in [0.2, 0.25) is 0 Å². The second-order valence-corrected chi connectivity index (χ2v) is 18.8.